The van der Waals surface area contributed by atoms with Crippen LogP contribution in [0.5, 0.6) is 0 Å². The van der Waals surface area contributed by atoms with Crippen LogP contribution in [0.2, 0.25) is 5.15 Å². The third-order valence-electron chi connectivity index (χ3n) is 8.57. The minimum Gasteiger partial charge on any atom is -0.301 e. The Morgan fingerprint density at radius 3 is 2.42 bits per heavy atom. The van der Waals surface area contributed by atoms with Gasteiger partial charge in [0.2, 0.25) is 0 Å². The molecule has 7 rings (SSSR count). The lowest BCUT2D eigenvalue weighted by atomic mass is 9.74. The summed E-state index contributed by atoms with van der Waals surface area (Å²) in [4.78, 5) is 20.0. The SMILES string of the molecule is CCN1CCN(C2(c3nc(-c4ccc5ccc(-c6ccccc6)nc5c4)c4c(Cl)nccn34)CCC2)CC1. The maximum absolute atomic E-state index is 6.78. The predicted molar refractivity (Wildman–Crippen MR) is 153 cm³/mol. The first-order chi connectivity index (χ1) is 18.7. The molecule has 38 heavy (non-hydrogen) atoms. The maximum atomic E-state index is 6.78. The number of imidazole rings is 1. The number of benzene rings is 2. The van der Waals surface area contributed by atoms with Crippen molar-refractivity contribution in [1.29, 1.82) is 0 Å². The molecule has 6 nitrogen and oxygen atoms in total. The molecule has 1 aliphatic heterocycles. The summed E-state index contributed by atoms with van der Waals surface area (Å²) in [7, 11) is 0. The fourth-order valence-electron chi connectivity index (χ4n) is 6.25. The molecule has 0 unspecified atom stereocenters. The van der Waals surface area contributed by atoms with Crippen molar-refractivity contribution in [2.75, 3.05) is 32.7 Å². The van der Waals surface area contributed by atoms with Crippen LogP contribution < -0.4 is 0 Å². The van der Waals surface area contributed by atoms with E-state index in [0.717, 1.165) is 90.3 Å². The van der Waals surface area contributed by atoms with Crippen molar-refractivity contribution in [3.05, 3.63) is 84.0 Å². The summed E-state index contributed by atoms with van der Waals surface area (Å²) in [6.07, 6.45) is 7.29. The highest BCUT2D eigenvalue weighted by Crippen LogP contribution is 2.48. The Balaban J connectivity index is 1.35. The Hall–Kier alpha value is -3.32. The van der Waals surface area contributed by atoms with Crippen molar-refractivity contribution < 1.29 is 0 Å². The number of nitrogens with zero attached hydrogens (tertiary/aromatic N) is 6. The highest BCUT2D eigenvalue weighted by molar-refractivity contribution is 6.33. The summed E-state index contributed by atoms with van der Waals surface area (Å²) in [6.45, 7) is 7.71. The molecular formula is C31H31ClN6. The first-order valence-electron chi connectivity index (χ1n) is 13.6. The Bertz CT molecular complexity index is 1620. The number of hydrogen-bond donors (Lipinski definition) is 0. The molecule has 2 aliphatic rings. The Kier molecular flexibility index (Phi) is 5.91. The number of fused-ring (bicyclic) bond motifs is 2. The van der Waals surface area contributed by atoms with Gasteiger partial charge in [0.15, 0.2) is 5.15 Å². The smallest absolute Gasteiger partial charge is 0.155 e. The Morgan fingerprint density at radius 2 is 1.68 bits per heavy atom. The zero-order valence-corrected chi connectivity index (χ0v) is 22.4. The molecule has 192 valence electrons. The number of rotatable bonds is 5. The quantitative estimate of drug-likeness (QED) is 0.272. The van der Waals surface area contributed by atoms with E-state index >= 15 is 0 Å². The van der Waals surface area contributed by atoms with E-state index in [4.69, 9.17) is 21.6 Å². The Morgan fingerprint density at radius 1 is 0.895 bits per heavy atom. The average molecular weight is 523 g/mol. The van der Waals surface area contributed by atoms with E-state index < -0.39 is 0 Å². The van der Waals surface area contributed by atoms with Crippen LogP contribution in [0.1, 0.15) is 32.0 Å². The fraction of sp³-hybridized carbons (Fsp3) is 0.323. The van der Waals surface area contributed by atoms with Crippen molar-refractivity contribution >= 4 is 28.0 Å². The largest absolute Gasteiger partial charge is 0.301 e. The molecule has 3 aromatic heterocycles. The van der Waals surface area contributed by atoms with E-state index in [1.165, 1.54) is 6.42 Å². The van der Waals surface area contributed by atoms with Crippen LogP contribution in [-0.4, -0.2) is 61.9 Å². The molecule has 2 fully saturated rings. The molecular weight excluding hydrogens is 492 g/mol. The van der Waals surface area contributed by atoms with E-state index in [0.29, 0.717) is 5.15 Å². The molecule has 0 radical (unpaired) electrons. The van der Waals surface area contributed by atoms with Crippen LogP contribution in [0, 0.1) is 0 Å². The lowest BCUT2D eigenvalue weighted by Gasteiger charge is -2.52. The summed E-state index contributed by atoms with van der Waals surface area (Å²) in [6, 6.07) is 20.9. The standard InChI is InChI=1S/C31H31ClN6/c1-2-36-17-19-37(20-18-36)31(13-6-14-31)30-35-27(28-29(32)33-15-16-38(28)30)24-10-9-23-11-12-25(34-26(23)21-24)22-7-4-3-5-8-22/h3-5,7-12,15-16,21H,2,6,13-14,17-20H2,1H3. The summed E-state index contributed by atoms with van der Waals surface area (Å²) in [5.74, 6) is 1.09. The van der Waals surface area contributed by atoms with Crippen LogP contribution in [0.15, 0.2) is 73.1 Å². The summed E-state index contributed by atoms with van der Waals surface area (Å²) in [5.41, 5.74) is 5.73. The van der Waals surface area contributed by atoms with Crippen LogP contribution in [0.3, 0.4) is 0 Å². The average Bonchev–Trinajstić information content (AvgIpc) is 3.34. The van der Waals surface area contributed by atoms with Gasteiger partial charge in [0.25, 0.3) is 0 Å². The minimum absolute atomic E-state index is 0.0543. The van der Waals surface area contributed by atoms with E-state index in [2.05, 4.69) is 68.6 Å². The van der Waals surface area contributed by atoms with Gasteiger partial charge < -0.3 is 4.90 Å². The molecule has 2 aromatic carbocycles. The van der Waals surface area contributed by atoms with Crippen molar-refractivity contribution in [2.45, 2.75) is 31.7 Å². The van der Waals surface area contributed by atoms with Gasteiger partial charge in [-0.2, -0.15) is 0 Å². The van der Waals surface area contributed by atoms with Crippen molar-refractivity contribution in [3.63, 3.8) is 0 Å². The summed E-state index contributed by atoms with van der Waals surface area (Å²) >= 11 is 6.78. The number of piperazine rings is 1. The van der Waals surface area contributed by atoms with Crippen LogP contribution in [0.25, 0.3) is 38.9 Å². The van der Waals surface area contributed by atoms with Gasteiger partial charge in [0, 0.05) is 55.1 Å². The van der Waals surface area contributed by atoms with Gasteiger partial charge >= 0.3 is 0 Å². The zero-order valence-electron chi connectivity index (χ0n) is 21.6. The third-order valence-corrected chi connectivity index (χ3v) is 8.84. The van der Waals surface area contributed by atoms with Gasteiger partial charge in [0.1, 0.15) is 11.3 Å². The number of aromatic nitrogens is 4. The van der Waals surface area contributed by atoms with E-state index in [1.54, 1.807) is 6.20 Å². The first-order valence-corrected chi connectivity index (χ1v) is 14.0. The number of halogens is 1. The van der Waals surface area contributed by atoms with E-state index in [-0.39, 0.29) is 5.54 Å². The molecule has 0 atom stereocenters. The highest BCUT2D eigenvalue weighted by Gasteiger charge is 2.48. The number of pyridine rings is 1. The topological polar surface area (TPSA) is 49.6 Å². The van der Waals surface area contributed by atoms with Crippen LogP contribution >= 0.6 is 11.6 Å². The molecule has 1 saturated heterocycles. The monoisotopic (exact) mass is 522 g/mol. The van der Waals surface area contributed by atoms with E-state index in [9.17, 15) is 0 Å². The second-order valence-corrected chi connectivity index (χ2v) is 10.9. The highest BCUT2D eigenvalue weighted by atomic mass is 35.5. The molecule has 0 amide bonds. The molecule has 0 N–H and O–H groups in total. The van der Waals surface area contributed by atoms with Crippen LogP contribution in [0.4, 0.5) is 0 Å². The van der Waals surface area contributed by atoms with E-state index in [1.807, 2.05) is 24.4 Å². The predicted octanol–water partition coefficient (Wildman–Crippen LogP) is 6.28. The van der Waals surface area contributed by atoms with Crippen LogP contribution in [-0.2, 0) is 5.54 Å². The zero-order chi connectivity index (χ0) is 25.7. The van der Waals surface area contributed by atoms with Gasteiger partial charge in [-0.3, -0.25) is 9.30 Å². The minimum atomic E-state index is -0.0543. The van der Waals surface area contributed by atoms with Crippen molar-refractivity contribution in [1.82, 2.24) is 29.2 Å². The molecule has 1 saturated carbocycles. The normalized spacial score (nSPS) is 18.2. The lowest BCUT2D eigenvalue weighted by molar-refractivity contribution is -0.0280. The number of hydrogen-bond acceptors (Lipinski definition) is 5. The van der Waals surface area contributed by atoms with Gasteiger partial charge in [-0.15, -0.1) is 0 Å². The maximum Gasteiger partial charge on any atom is 0.155 e. The molecule has 1 aliphatic carbocycles. The molecule has 7 heteroatoms. The first kappa shape index (κ1) is 23.8. The number of likely N-dealkylation sites (N-methyl/N-ethyl adjacent to an activating group) is 1. The fourth-order valence-corrected chi connectivity index (χ4v) is 6.49. The molecule has 4 heterocycles. The second kappa shape index (κ2) is 9.45. The molecule has 5 aromatic rings. The Labute approximate surface area is 227 Å². The van der Waals surface area contributed by atoms with Crippen molar-refractivity contribution in [3.8, 4) is 22.5 Å². The van der Waals surface area contributed by atoms with Crippen molar-refractivity contribution in [2.24, 2.45) is 0 Å². The summed E-state index contributed by atoms with van der Waals surface area (Å²) < 4.78 is 2.20. The summed E-state index contributed by atoms with van der Waals surface area (Å²) in [5, 5.41) is 1.59. The van der Waals surface area contributed by atoms with Gasteiger partial charge in [-0.1, -0.05) is 67.1 Å². The second-order valence-electron chi connectivity index (χ2n) is 10.5. The lowest BCUT2D eigenvalue weighted by Crippen LogP contribution is -2.58. The van der Waals surface area contributed by atoms with Gasteiger partial charge in [-0.25, -0.2) is 15.0 Å². The third kappa shape index (κ3) is 3.82. The van der Waals surface area contributed by atoms with Gasteiger partial charge in [-0.05, 0) is 37.9 Å². The molecule has 0 spiro atoms. The van der Waals surface area contributed by atoms with Gasteiger partial charge in [0.05, 0.1) is 22.4 Å². The molecule has 0 bridgehead atoms.